The lowest BCUT2D eigenvalue weighted by molar-refractivity contribution is -0.870. The zero-order chi connectivity index (χ0) is 70.4. The van der Waals surface area contributed by atoms with Crippen LogP contribution in [-0.2, 0) is 33.3 Å². The third-order valence-electron chi connectivity index (χ3n) is 16.1. The second-order valence-corrected chi connectivity index (χ2v) is 26.5. The summed E-state index contributed by atoms with van der Waals surface area (Å²) in [7, 11) is 5.92. The fraction of sp³-hybridized carbons (Fsp3) is 0.625. The summed E-state index contributed by atoms with van der Waals surface area (Å²) in [5, 5.41) is 11.9. The fourth-order valence-corrected chi connectivity index (χ4v) is 10.3. The van der Waals surface area contributed by atoms with Gasteiger partial charge in [0.05, 0.1) is 40.3 Å². The summed E-state index contributed by atoms with van der Waals surface area (Å²) < 4.78 is 22.8. The molecular weight excluding hydrogens is 1200 g/mol. The SMILES string of the molecule is CC/C=C\C/C=C\C/C=C\C/C=C\C/C=C\C/C=C\C/C=C\C/C=C\C/C=C\C/C=C\C/C=C\CCCCCCCC(=O)OC(COC(=O)CCCCCCCCCCCCCCCCCCCCCC/C=C\C/C=C\C/C=C\C/C=C\CC)COC(OCC[N+](C)(C)C)C(=O)[O-]. The van der Waals surface area contributed by atoms with Crippen LogP contribution in [0.2, 0.25) is 0 Å². The van der Waals surface area contributed by atoms with Crippen LogP contribution < -0.4 is 5.11 Å². The Morgan fingerprint density at radius 3 is 0.825 bits per heavy atom. The van der Waals surface area contributed by atoms with Gasteiger partial charge in [-0.05, 0) is 135 Å². The number of nitrogens with zero attached hydrogens (tertiary/aromatic N) is 1. The number of carboxylic acid groups (broad SMARTS) is 1. The number of esters is 2. The zero-order valence-electron chi connectivity index (χ0n) is 62.6. The fourth-order valence-electron chi connectivity index (χ4n) is 10.3. The van der Waals surface area contributed by atoms with Gasteiger partial charge in [-0.25, -0.2) is 0 Å². The average molecular weight is 1340 g/mol. The predicted octanol–water partition coefficient (Wildman–Crippen LogP) is 23.8. The highest BCUT2D eigenvalue weighted by Gasteiger charge is 2.22. The van der Waals surface area contributed by atoms with E-state index in [9.17, 15) is 19.5 Å². The highest BCUT2D eigenvalue weighted by atomic mass is 16.7. The number of carbonyl (C=O) groups is 3. The first-order valence-electron chi connectivity index (χ1n) is 38.9. The van der Waals surface area contributed by atoms with Gasteiger partial charge in [-0.1, -0.05) is 331 Å². The average Bonchev–Trinajstić information content (AvgIpc) is 2.39. The summed E-state index contributed by atoms with van der Waals surface area (Å²) in [6.45, 7) is 4.50. The van der Waals surface area contributed by atoms with Gasteiger partial charge in [0.1, 0.15) is 13.2 Å². The van der Waals surface area contributed by atoms with Crippen molar-refractivity contribution >= 4 is 17.9 Å². The van der Waals surface area contributed by atoms with Crippen molar-refractivity contribution in [3.05, 3.63) is 182 Å². The molecule has 0 amide bonds. The van der Waals surface area contributed by atoms with Gasteiger partial charge in [0.15, 0.2) is 12.4 Å². The van der Waals surface area contributed by atoms with E-state index in [4.69, 9.17) is 18.9 Å². The van der Waals surface area contributed by atoms with Crippen LogP contribution in [0, 0.1) is 0 Å². The second kappa shape index (κ2) is 76.1. The van der Waals surface area contributed by atoms with E-state index >= 15 is 0 Å². The molecule has 0 saturated carbocycles. The maximum Gasteiger partial charge on any atom is 0.306 e. The number of rotatable bonds is 70. The number of ether oxygens (including phenoxy) is 4. The Morgan fingerprint density at radius 2 is 0.557 bits per heavy atom. The van der Waals surface area contributed by atoms with Crippen LogP contribution in [0.5, 0.6) is 0 Å². The number of unbranched alkanes of at least 4 members (excludes halogenated alkanes) is 25. The van der Waals surface area contributed by atoms with E-state index in [0.29, 0.717) is 17.4 Å². The van der Waals surface area contributed by atoms with Crippen LogP contribution in [0.4, 0.5) is 0 Å². The zero-order valence-corrected chi connectivity index (χ0v) is 62.6. The van der Waals surface area contributed by atoms with Gasteiger partial charge >= 0.3 is 11.9 Å². The molecule has 2 atom stereocenters. The molecule has 0 saturated heterocycles. The molecule has 0 rings (SSSR count). The molecule has 0 aromatic rings. The molecule has 2 unspecified atom stereocenters. The molecule has 0 radical (unpaired) electrons. The third kappa shape index (κ3) is 77.6. The Labute approximate surface area is 596 Å². The molecule has 0 spiro atoms. The standard InChI is InChI=1S/C88H143NO8/c1-6-8-10-12-14-16-18-20-22-24-26-28-30-32-34-36-38-40-41-42-43-44-45-47-49-51-53-55-57-59-61-63-65-67-69-71-73-75-77-79-86(91)97-84(83-96-88(87(92)93)94-81-80-89(3,4)5)82-95-85(90)78-76-74-72-70-68-66-64-62-60-58-56-54-52-50-48-46-39-37-35-33-31-29-27-25-23-21-19-17-15-13-11-9-7-2/h8-11,14-17,20-23,26-29,32,34,38,40,42-43,45,47,51,53,57,59,63,65,84,88H,6-7,12-13,18-19,24-25,30-31,33,35-37,39,41,44,46,48-50,52,54-56,58,60-62,64,66-83H2,1-5H3/b10-8-,11-9-,16-14-,17-15-,22-20-,23-21-,28-26-,29-27-,34-32-,40-38-,43-42-,47-45-,53-51-,59-57-,65-63-. The van der Waals surface area contributed by atoms with Crippen molar-refractivity contribution < 1.29 is 42.9 Å². The molecule has 0 bridgehead atoms. The Bertz CT molecular complexity index is 2260. The minimum absolute atomic E-state index is 0.136. The highest BCUT2D eigenvalue weighted by molar-refractivity contribution is 5.70. The Kier molecular flexibility index (Phi) is 71.7. The van der Waals surface area contributed by atoms with Crippen molar-refractivity contribution in [2.24, 2.45) is 0 Å². The number of hydrogen-bond acceptors (Lipinski definition) is 8. The van der Waals surface area contributed by atoms with E-state index in [1.54, 1.807) is 0 Å². The molecular formula is C88H143NO8. The van der Waals surface area contributed by atoms with Crippen LogP contribution in [0.15, 0.2) is 182 Å². The predicted molar refractivity (Wildman–Crippen MR) is 416 cm³/mol. The van der Waals surface area contributed by atoms with Crippen LogP contribution in [0.3, 0.4) is 0 Å². The molecule has 0 N–H and O–H groups in total. The van der Waals surface area contributed by atoms with E-state index < -0.39 is 24.3 Å². The van der Waals surface area contributed by atoms with Crippen LogP contribution in [-0.4, -0.2) is 82.3 Å². The van der Waals surface area contributed by atoms with Crippen molar-refractivity contribution in [3.8, 4) is 0 Å². The molecule has 548 valence electrons. The molecule has 0 heterocycles. The van der Waals surface area contributed by atoms with E-state index in [2.05, 4.69) is 196 Å². The molecule has 0 aliphatic heterocycles. The van der Waals surface area contributed by atoms with E-state index in [1.165, 1.54) is 116 Å². The minimum Gasteiger partial charge on any atom is -0.545 e. The molecule has 97 heavy (non-hydrogen) atoms. The van der Waals surface area contributed by atoms with Crippen molar-refractivity contribution in [2.45, 2.75) is 309 Å². The van der Waals surface area contributed by atoms with Gasteiger partial charge in [-0.15, -0.1) is 0 Å². The van der Waals surface area contributed by atoms with E-state index in [-0.39, 0.29) is 38.6 Å². The molecule has 0 aliphatic rings. The van der Waals surface area contributed by atoms with Crippen LogP contribution in [0.1, 0.15) is 296 Å². The Balaban J connectivity index is 4.15. The maximum atomic E-state index is 13.0. The molecule has 0 aliphatic carbocycles. The number of hydrogen-bond donors (Lipinski definition) is 0. The van der Waals surface area contributed by atoms with Crippen LogP contribution >= 0.6 is 0 Å². The van der Waals surface area contributed by atoms with E-state index in [1.807, 2.05) is 21.1 Å². The molecule has 9 heteroatoms. The number of allylic oxidation sites excluding steroid dienone is 30. The van der Waals surface area contributed by atoms with Crippen molar-refractivity contribution in [1.82, 2.24) is 0 Å². The summed E-state index contributed by atoms with van der Waals surface area (Å²) in [4.78, 5) is 37.6. The van der Waals surface area contributed by atoms with Crippen molar-refractivity contribution in [2.75, 3.05) is 47.5 Å². The topological polar surface area (TPSA) is 111 Å². The van der Waals surface area contributed by atoms with Gasteiger partial charge in [0.25, 0.3) is 0 Å². The summed E-state index contributed by atoms with van der Waals surface area (Å²) in [6.07, 6.45) is 113. The maximum absolute atomic E-state index is 13.0. The van der Waals surface area contributed by atoms with Gasteiger partial charge < -0.3 is 33.3 Å². The molecule has 0 fully saturated rings. The van der Waals surface area contributed by atoms with Gasteiger partial charge in [-0.3, -0.25) is 9.59 Å². The number of carboxylic acids is 1. The first kappa shape index (κ1) is 91.4. The number of carbonyl (C=O) groups excluding carboxylic acids is 3. The van der Waals surface area contributed by atoms with Gasteiger partial charge in [-0.2, -0.15) is 0 Å². The van der Waals surface area contributed by atoms with Gasteiger partial charge in [0.2, 0.25) is 0 Å². The van der Waals surface area contributed by atoms with E-state index in [0.717, 1.165) is 148 Å². The third-order valence-corrected chi connectivity index (χ3v) is 16.1. The lowest BCUT2D eigenvalue weighted by Crippen LogP contribution is -2.44. The monoisotopic (exact) mass is 1340 g/mol. The first-order valence-corrected chi connectivity index (χ1v) is 38.9. The largest absolute Gasteiger partial charge is 0.545 e. The quantitative estimate of drug-likeness (QED) is 0.0195. The van der Waals surface area contributed by atoms with Gasteiger partial charge in [0, 0.05) is 12.8 Å². The Hall–Kier alpha value is -5.61. The van der Waals surface area contributed by atoms with Crippen molar-refractivity contribution in [3.63, 3.8) is 0 Å². The lowest BCUT2D eigenvalue weighted by Gasteiger charge is -2.26. The second-order valence-electron chi connectivity index (χ2n) is 26.5. The lowest BCUT2D eigenvalue weighted by atomic mass is 10.0. The molecule has 0 aromatic carbocycles. The molecule has 0 aromatic heterocycles. The number of likely N-dealkylation sites (N-methyl/N-ethyl adjacent to an activating group) is 1. The van der Waals surface area contributed by atoms with Crippen LogP contribution in [0.25, 0.3) is 0 Å². The summed E-state index contributed by atoms with van der Waals surface area (Å²) in [5.74, 6) is -2.32. The smallest absolute Gasteiger partial charge is 0.306 e. The first-order chi connectivity index (χ1) is 47.6. The minimum atomic E-state index is -1.64. The number of quaternary nitrogens is 1. The highest BCUT2D eigenvalue weighted by Crippen LogP contribution is 2.17. The summed E-state index contributed by atoms with van der Waals surface area (Å²) >= 11 is 0. The summed E-state index contributed by atoms with van der Waals surface area (Å²) in [5.41, 5.74) is 0. The normalized spacial score (nSPS) is 13.7. The molecule has 9 nitrogen and oxygen atoms in total. The number of aliphatic carboxylic acids is 1. The summed E-state index contributed by atoms with van der Waals surface area (Å²) in [6, 6.07) is 0. The Morgan fingerprint density at radius 1 is 0.309 bits per heavy atom. The van der Waals surface area contributed by atoms with Crippen molar-refractivity contribution in [1.29, 1.82) is 0 Å².